The van der Waals surface area contributed by atoms with E-state index in [9.17, 15) is 4.79 Å². The van der Waals surface area contributed by atoms with Crippen molar-refractivity contribution in [2.24, 2.45) is 0 Å². The summed E-state index contributed by atoms with van der Waals surface area (Å²) in [5, 5.41) is 0.845. The third-order valence-corrected chi connectivity index (χ3v) is 2.95. The zero-order chi connectivity index (χ0) is 11.4. The first-order chi connectivity index (χ1) is 7.75. The van der Waals surface area contributed by atoms with E-state index in [4.69, 9.17) is 0 Å². The maximum atomic E-state index is 11.1. The topological polar surface area (TPSA) is 42.9 Å². The van der Waals surface area contributed by atoms with E-state index in [1.165, 1.54) is 11.8 Å². The highest BCUT2D eigenvalue weighted by Gasteiger charge is 2.01. The minimum Gasteiger partial charge on any atom is -0.295 e. The molecule has 0 saturated carbocycles. The van der Waals surface area contributed by atoms with E-state index < -0.39 is 0 Å². The second kappa shape index (κ2) is 4.90. The molecule has 1 aromatic carbocycles. The minimum atomic E-state index is 0.0797. The highest BCUT2D eigenvalue weighted by Crippen LogP contribution is 2.25. The van der Waals surface area contributed by atoms with Gasteiger partial charge >= 0.3 is 0 Å². The van der Waals surface area contributed by atoms with Crippen LogP contribution in [0.25, 0.3) is 0 Å². The van der Waals surface area contributed by atoms with E-state index in [1.54, 1.807) is 25.5 Å². The predicted molar refractivity (Wildman–Crippen MR) is 62.6 cm³/mol. The van der Waals surface area contributed by atoms with Gasteiger partial charge < -0.3 is 0 Å². The molecule has 0 N–H and O–H groups in total. The molecule has 0 amide bonds. The van der Waals surface area contributed by atoms with Crippen LogP contribution >= 0.6 is 11.8 Å². The molecule has 0 bridgehead atoms. The largest absolute Gasteiger partial charge is 0.295 e. The molecular weight excluding hydrogens is 220 g/mol. The van der Waals surface area contributed by atoms with Crippen molar-refractivity contribution in [3.63, 3.8) is 0 Å². The summed E-state index contributed by atoms with van der Waals surface area (Å²) in [5.41, 5.74) is 0.725. The lowest BCUT2D eigenvalue weighted by molar-refractivity contribution is 0.101. The van der Waals surface area contributed by atoms with E-state index in [-0.39, 0.29) is 5.78 Å². The molecule has 1 aromatic heterocycles. The Kier molecular flexibility index (Phi) is 3.31. The molecule has 3 nitrogen and oxygen atoms in total. The van der Waals surface area contributed by atoms with Gasteiger partial charge in [-0.1, -0.05) is 23.9 Å². The number of Topliss-reactive ketones (excluding diaryl/α,β-unsaturated/α-hetero) is 1. The fraction of sp³-hybridized carbons (Fsp3) is 0.0833. The van der Waals surface area contributed by atoms with Gasteiger partial charge in [0, 0.05) is 22.9 Å². The summed E-state index contributed by atoms with van der Waals surface area (Å²) in [5.74, 6) is 0.0797. The van der Waals surface area contributed by atoms with Crippen LogP contribution in [0.4, 0.5) is 0 Å². The van der Waals surface area contributed by atoms with Gasteiger partial charge in [0.15, 0.2) is 5.78 Å². The van der Waals surface area contributed by atoms with Crippen molar-refractivity contribution < 1.29 is 4.79 Å². The van der Waals surface area contributed by atoms with Gasteiger partial charge in [-0.05, 0) is 19.1 Å². The second-order valence-electron chi connectivity index (χ2n) is 3.23. The Labute approximate surface area is 97.9 Å². The highest BCUT2D eigenvalue weighted by molar-refractivity contribution is 7.99. The summed E-state index contributed by atoms with van der Waals surface area (Å²) in [6.07, 6.45) is 5.01. The van der Waals surface area contributed by atoms with Crippen LogP contribution in [0.1, 0.15) is 17.3 Å². The minimum absolute atomic E-state index is 0.0797. The molecule has 0 aliphatic carbocycles. The molecule has 1 heterocycles. The van der Waals surface area contributed by atoms with Crippen molar-refractivity contribution >= 4 is 17.5 Å². The molecule has 0 fully saturated rings. The number of carbonyl (C=O) groups is 1. The maximum Gasteiger partial charge on any atom is 0.159 e. The van der Waals surface area contributed by atoms with E-state index in [2.05, 4.69) is 9.97 Å². The summed E-state index contributed by atoms with van der Waals surface area (Å²) in [4.78, 5) is 20.3. The summed E-state index contributed by atoms with van der Waals surface area (Å²) in [6.45, 7) is 1.56. The summed E-state index contributed by atoms with van der Waals surface area (Å²) in [7, 11) is 0. The van der Waals surface area contributed by atoms with Crippen molar-refractivity contribution in [1.82, 2.24) is 9.97 Å². The van der Waals surface area contributed by atoms with E-state index in [0.717, 1.165) is 15.5 Å². The van der Waals surface area contributed by atoms with E-state index in [1.807, 2.05) is 24.3 Å². The SMILES string of the molecule is CC(=O)c1ccc(Sc2cnccn2)cc1. The number of hydrogen-bond donors (Lipinski definition) is 0. The average molecular weight is 230 g/mol. The Morgan fingerprint density at radius 2 is 1.94 bits per heavy atom. The molecule has 80 valence electrons. The Morgan fingerprint density at radius 3 is 2.50 bits per heavy atom. The molecule has 4 heteroatoms. The van der Waals surface area contributed by atoms with Crippen LogP contribution in [-0.4, -0.2) is 15.8 Å². The highest BCUT2D eigenvalue weighted by atomic mass is 32.2. The van der Waals surface area contributed by atoms with Crippen molar-refractivity contribution in [3.05, 3.63) is 48.4 Å². The third-order valence-electron chi connectivity index (χ3n) is 2.02. The molecule has 0 unspecified atom stereocenters. The number of aromatic nitrogens is 2. The lowest BCUT2D eigenvalue weighted by atomic mass is 10.2. The average Bonchev–Trinajstić information content (AvgIpc) is 2.31. The molecule has 2 aromatic rings. The van der Waals surface area contributed by atoms with Gasteiger partial charge in [-0.15, -0.1) is 0 Å². The molecule has 0 atom stereocenters. The number of carbonyl (C=O) groups excluding carboxylic acids is 1. The van der Waals surface area contributed by atoms with Crippen molar-refractivity contribution in [1.29, 1.82) is 0 Å². The van der Waals surface area contributed by atoms with E-state index in [0.29, 0.717) is 0 Å². The number of hydrogen-bond acceptors (Lipinski definition) is 4. The summed E-state index contributed by atoms with van der Waals surface area (Å²) in [6, 6.07) is 7.47. The first kappa shape index (κ1) is 10.8. The van der Waals surface area contributed by atoms with Gasteiger partial charge in [0.1, 0.15) is 5.03 Å². The fourth-order valence-electron chi connectivity index (χ4n) is 1.22. The van der Waals surface area contributed by atoms with Crippen LogP contribution in [0.15, 0.2) is 52.8 Å². The van der Waals surface area contributed by atoms with Crippen LogP contribution in [0.5, 0.6) is 0 Å². The van der Waals surface area contributed by atoms with Gasteiger partial charge in [-0.25, -0.2) is 4.98 Å². The lowest BCUT2D eigenvalue weighted by Gasteiger charge is -2.00. The Hall–Kier alpha value is -1.68. The van der Waals surface area contributed by atoms with Gasteiger partial charge in [0.25, 0.3) is 0 Å². The summed E-state index contributed by atoms with van der Waals surface area (Å²) >= 11 is 1.52. The van der Waals surface area contributed by atoms with Crippen molar-refractivity contribution in [2.75, 3.05) is 0 Å². The molecule has 0 aliphatic rings. The number of benzene rings is 1. The number of rotatable bonds is 3. The van der Waals surface area contributed by atoms with Gasteiger partial charge in [-0.3, -0.25) is 9.78 Å². The Balaban J connectivity index is 2.14. The predicted octanol–water partition coefficient (Wildman–Crippen LogP) is 2.83. The second-order valence-corrected chi connectivity index (χ2v) is 4.32. The maximum absolute atomic E-state index is 11.1. The van der Waals surface area contributed by atoms with Crippen LogP contribution in [0.3, 0.4) is 0 Å². The molecule has 0 spiro atoms. The van der Waals surface area contributed by atoms with E-state index >= 15 is 0 Å². The molecule has 16 heavy (non-hydrogen) atoms. The Morgan fingerprint density at radius 1 is 1.19 bits per heavy atom. The molecule has 2 rings (SSSR count). The lowest BCUT2D eigenvalue weighted by Crippen LogP contribution is -1.90. The van der Waals surface area contributed by atoms with Crippen LogP contribution in [-0.2, 0) is 0 Å². The zero-order valence-electron chi connectivity index (χ0n) is 8.75. The van der Waals surface area contributed by atoms with Crippen LogP contribution < -0.4 is 0 Å². The number of ketones is 1. The van der Waals surface area contributed by atoms with Gasteiger partial charge in [0.2, 0.25) is 0 Å². The standard InChI is InChI=1S/C12H10N2OS/c1-9(15)10-2-4-11(5-3-10)16-12-8-13-6-7-14-12/h2-8H,1H3. The van der Waals surface area contributed by atoms with Gasteiger partial charge in [-0.2, -0.15) is 0 Å². The van der Waals surface area contributed by atoms with Gasteiger partial charge in [0.05, 0.1) is 6.20 Å². The van der Waals surface area contributed by atoms with Crippen molar-refractivity contribution in [3.8, 4) is 0 Å². The molecule has 0 radical (unpaired) electrons. The van der Waals surface area contributed by atoms with Crippen LogP contribution in [0.2, 0.25) is 0 Å². The zero-order valence-corrected chi connectivity index (χ0v) is 9.57. The Bertz CT molecular complexity index is 482. The normalized spacial score (nSPS) is 10.1. The fourth-order valence-corrected chi connectivity index (χ4v) is 1.96. The number of nitrogens with zero attached hydrogens (tertiary/aromatic N) is 2. The smallest absolute Gasteiger partial charge is 0.159 e. The molecular formula is C12H10N2OS. The molecule has 0 saturated heterocycles. The van der Waals surface area contributed by atoms with Crippen molar-refractivity contribution in [2.45, 2.75) is 16.8 Å². The van der Waals surface area contributed by atoms with Crippen LogP contribution in [0, 0.1) is 0 Å². The molecule has 0 aliphatic heterocycles. The monoisotopic (exact) mass is 230 g/mol. The summed E-state index contributed by atoms with van der Waals surface area (Å²) < 4.78 is 0. The first-order valence-corrected chi connectivity index (χ1v) is 5.62. The quantitative estimate of drug-likeness (QED) is 0.760. The first-order valence-electron chi connectivity index (χ1n) is 4.80. The third kappa shape index (κ3) is 2.67.